The maximum Gasteiger partial charge on any atom is 0.230 e. The van der Waals surface area contributed by atoms with Crippen LogP contribution in [0.1, 0.15) is 22.3 Å². The van der Waals surface area contributed by atoms with Crippen molar-refractivity contribution in [3.05, 3.63) is 34.4 Å². The summed E-state index contributed by atoms with van der Waals surface area (Å²) in [4.78, 5) is 6.96. The van der Waals surface area contributed by atoms with Gasteiger partial charge in [0.15, 0.2) is 0 Å². The number of benzene rings is 1. The molecule has 4 nitrogen and oxygen atoms in total. The topological polar surface area (TPSA) is 55.4 Å². The summed E-state index contributed by atoms with van der Waals surface area (Å²) in [5.41, 5.74) is 4.41. The zero-order valence-electron chi connectivity index (χ0n) is 9.99. The molecule has 90 valence electrons. The number of hydrogen-bond acceptors (Lipinski definition) is 3. The van der Waals surface area contributed by atoms with Gasteiger partial charge in [0.25, 0.3) is 0 Å². The van der Waals surface area contributed by atoms with Crippen molar-refractivity contribution in [2.45, 2.75) is 27.4 Å². The highest BCUT2D eigenvalue weighted by Gasteiger charge is 2.06. The van der Waals surface area contributed by atoms with Crippen LogP contribution in [0, 0.1) is 20.8 Å². The first kappa shape index (κ1) is 13.2. The largest absolute Gasteiger partial charge is 0.282 e. The molecule has 16 heavy (non-hydrogen) atoms. The lowest BCUT2D eigenvalue weighted by molar-refractivity contribution is 0.0793. The lowest BCUT2D eigenvalue weighted by Gasteiger charge is -2.11. The van der Waals surface area contributed by atoms with Crippen molar-refractivity contribution < 1.29 is 13.3 Å². The van der Waals surface area contributed by atoms with E-state index in [0.717, 1.165) is 22.9 Å². The minimum atomic E-state index is -3.30. The Hall–Kier alpha value is -0.910. The van der Waals surface area contributed by atoms with Crippen LogP contribution in [-0.2, 0) is 21.5 Å². The van der Waals surface area contributed by atoms with Gasteiger partial charge in [0.2, 0.25) is 10.0 Å². The fourth-order valence-electron chi connectivity index (χ4n) is 1.65. The van der Waals surface area contributed by atoms with Crippen LogP contribution in [0.4, 0.5) is 0 Å². The Morgan fingerprint density at radius 3 is 2.12 bits per heavy atom. The van der Waals surface area contributed by atoms with Gasteiger partial charge >= 0.3 is 0 Å². The van der Waals surface area contributed by atoms with Crippen molar-refractivity contribution in [1.29, 1.82) is 0 Å². The standard InChI is InChI=1S/C11H17NO3S/c1-8-5-9(2)11(10(3)6-8)7-15-12-16(4,13)14/h5-6,12H,7H2,1-4H3. The molecule has 0 bridgehead atoms. The third kappa shape index (κ3) is 3.92. The van der Waals surface area contributed by atoms with Crippen LogP contribution < -0.4 is 4.89 Å². The van der Waals surface area contributed by atoms with E-state index in [-0.39, 0.29) is 6.61 Å². The Balaban J connectivity index is 2.75. The summed E-state index contributed by atoms with van der Waals surface area (Å²) >= 11 is 0. The molecule has 0 fully saturated rings. The average Bonchev–Trinajstić information content (AvgIpc) is 2.07. The van der Waals surface area contributed by atoms with E-state index in [1.54, 1.807) is 0 Å². The average molecular weight is 243 g/mol. The summed E-state index contributed by atoms with van der Waals surface area (Å²) in [7, 11) is -3.30. The van der Waals surface area contributed by atoms with Crippen LogP contribution in [0.2, 0.25) is 0 Å². The van der Waals surface area contributed by atoms with Gasteiger partial charge in [-0.1, -0.05) is 22.6 Å². The van der Waals surface area contributed by atoms with E-state index < -0.39 is 10.0 Å². The first-order valence-electron chi connectivity index (χ1n) is 4.95. The van der Waals surface area contributed by atoms with Crippen molar-refractivity contribution in [2.75, 3.05) is 6.26 Å². The van der Waals surface area contributed by atoms with Gasteiger partial charge in [0, 0.05) is 0 Å². The maximum atomic E-state index is 10.8. The highest BCUT2D eigenvalue weighted by molar-refractivity contribution is 7.88. The van der Waals surface area contributed by atoms with Crippen molar-refractivity contribution in [1.82, 2.24) is 4.89 Å². The number of hydrogen-bond donors (Lipinski definition) is 1. The molecule has 0 aliphatic heterocycles. The summed E-state index contributed by atoms with van der Waals surface area (Å²) in [6.45, 7) is 6.24. The molecule has 0 atom stereocenters. The molecule has 0 saturated carbocycles. The van der Waals surface area contributed by atoms with Gasteiger partial charge in [-0.3, -0.25) is 4.84 Å². The van der Waals surface area contributed by atoms with Crippen LogP contribution in [0.15, 0.2) is 12.1 Å². The Labute approximate surface area is 96.6 Å². The van der Waals surface area contributed by atoms with Crippen LogP contribution in [0.3, 0.4) is 0 Å². The smallest absolute Gasteiger partial charge is 0.230 e. The first-order valence-corrected chi connectivity index (χ1v) is 6.84. The minimum Gasteiger partial charge on any atom is -0.282 e. The van der Waals surface area contributed by atoms with E-state index in [1.807, 2.05) is 37.8 Å². The zero-order valence-corrected chi connectivity index (χ0v) is 10.8. The quantitative estimate of drug-likeness (QED) is 0.817. The summed E-state index contributed by atoms with van der Waals surface area (Å²) in [6.07, 6.45) is 1.06. The molecule has 0 aromatic heterocycles. The van der Waals surface area contributed by atoms with Gasteiger partial charge in [0.05, 0.1) is 12.9 Å². The van der Waals surface area contributed by atoms with Gasteiger partial charge in [0.1, 0.15) is 0 Å². The third-order valence-corrected chi connectivity index (χ3v) is 2.69. The van der Waals surface area contributed by atoms with Crippen LogP contribution >= 0.6 is 0 Å². The predicted molar refractivity (Wildman–Crippen MR) is 63.4 cm³/mol. The minimum absolute atomic E-state index is 0.241. The maximum absolute atomic E-state index is 10.8. The highest BCUT2D eigenvalue weighted by Crippen LogP contribution is 2.16. The molecule has 1 aromatic carbocycles. The van der Waals surface area contributed by atoms with Gasteiger partial charge in [-0.15, -0.1) is 0 Å². The number of rotatable bonds is 4. The fourth-order valence-corrected chi connectivity index (χ4v) is 1.92. The van der Waals surface area contributed by atoms with Crippen molar-refractivity contribution in [3.63, 3.8) is 0 Å². The van der Waals surface area contributed by atoms with E-state index in [1.165, 1.54) is 5.56 Å². The van der Waals surface area contributed by atoms with E-state index in [9.17, 15) is 8.42 Å². The Morgan fingerprint density at radius 2 is 1.69 bits per heavy atom. The molecule has 0 radical (unpaired) electrons. The molecule has 0 aliphatic rings. The van der Waals surface area contributed by atoms with Gasteiger partial charge in [-0.2, -0.15) is 0 Å². The second-order valence-corrected chi connectivity index (χ2v) is 5.73. The van der Waals surface area contributed by atoms with Crippen molar-refractivity contribution >= 4 is 10.0 Å². The normalized spacial score (nSPS) is 11.8. The highest BCUT2D eigenvalue weighted by atomic mass is 32.2. The van der Waals surface area contributed by atoms with Crippen LogP contribution in [0.25, 0.3) is 0 Å². The number of nitrogens with one attached hydrogen (secondary N) is 1. The monoisotopic (exact) mass is 243 g/mol. The van der Waals surface area contributed by atoms with Crippen LogP contribution in [0.5, 0.6) is 0 Å². The zero-order chi connectivity index (χ0) is 12.3. The second-order valence-electron chi connectivity index (χ2n) is 4.02. The molecule has 5 heteroatoms. The van der Waals surface area contributed by atoms with E-state index >= 15 is 0 Å². The molecular weight excluding hydrogens is 226 g/mol. The summed E-state index contributed by atoms with van der Waals surface area (Å²) < 4.78 is 21.6. The predicted octanol–water partition coefficient (Wildman–Crippen LogP) is 1.59. The molecule has 1 N–H and O–H groups in total. The molecule has 0 spiro atoms. The summed E-state index contributed by atoms with van der Waals surface area (Å²) in [5, 5.41) is 0. The van der Waals surface area contributed by atoms with Crippen molar-refractivity contribution in [3.8, 4) is 0 Å². The lowest BCUT2D eigenvalue weighted by atomic mass is 10.0. The van der Waals surface area contributed by atoms with Crippen LogP contribution in [-0.4, -0.2) is 14.7 Å². The fraction of sp³-hybridized carbons (Fsp3) is 0.455. The molecule has 1 aromatic rings. The summed E-state index contributed by atoms with van der Waals surface area (Å²) in [5.74, 6) is 0. The Morgan fingerprint density at radius 1 is 1.19 bits per heavy atom. The van der Waals surface area contributed by atoms with Gasteiger partial charge < -0.3 is 0 Å². The molecule has 1 rings (SSSR count). The molecule has 0 saturated heterocycles. The van der Waals surface area contributed by atoms with Gasteiger partial charge in [-0.25, -0.2) is 8.42 Å². The molecule has 0 heterocycles. The van der Waals surface area contributed by atoms with E-state index in [4.69, 9.17) is 4.84 Å². The Kier molecular flexibility index (Phi) is 4.07. The lowest BCUT2D eigenvalue weighted by Crippen LogP contribution is -2.22. The molecule has 0 unspecified atom stereocenters. The molecular formula is C11H17NO3S. The molecule has 0 aliphatic carbocycles. The summed E-state index contributed by atoms with van der Waals surface area (Å²) in [6, 6.07) is 4.10. The SMILES string of the molecule is Cc1cc(C)c(CONS(C)(=O)=O)c(C)c1. The van der Waals surface area contributed by atoms with E-state index in [2.05, 4.69) is 0 Å². The third-order valence-electron chi connectivity index (χ3n) is 2.27. The first-order chi connectivity index (χ1) is 7.29. The number of aryl methyl sites for hydroxylation is 3. The number of sulfonamides is 1. The van der Waals surface area contributed by atoms with Crippen molar-refractivity contribution in [2.24, 2.45) is 0 Å². The second kappa shape index (κ2) is 4.95. The molecule has 0 amide bonds. The van der Waals surface area contributed by atoms with E-state index in [0.29, 0.717) is 0 Å². The van der Waals surface area contributed by atoms with Gasteiger partial charge in [-0.05, 0) is 37.5 Å². The Bertz CT molecular complexity index is 457.